The number of hydrogen-bond acceptors (Lipinski definition) is 2. The topological polar surface area (TPSA) is 41.1 Å². The lowest BCUT2D eigenvalue weighted by atomic mass is 10.1. The molecule has 0 bridgehead atoms. The molecule has 1 rings (SSSR count). The first-order valence-corrected chi connectivity index (χ1v) is 7.63. The van der Waals surface area contributed by atoms with Crippen LogP contribution in [0.4, 0.5) is 0 Å². The van der Waals surface area contributed by atoms with Gasteiger partial charge in [-0.3, -0.25) is 10.1 Å². The molecule has 1 aromatic rings. The monoisotopic (exact) mass is 326 g/mol. The zero-order valence-electron chi connectivity index (χ0n) is 11.9. The van der Waals surface area contributed by atoms with E-state index >= 15 is 0 Å². The Hall–Kier alpha value is -0.870. The molecule has 1 unspecified atom stereocenters. The smallest absolute Gasteiger partial charge is 0.236 e. The second-order valence-electron chi connectivity index (χ2n) is 4.78. The zero-order chi connectivity index (χ0) is 14.3. The van der Waals surface area contributed by atoms with E-state index in [2.05, 4.69) is 46.5 Å². The molecule has 106 valence electrons. The van der Waals surface area contributed by atoms with E-state index in [0.29, 0.717) is 0 Å². The van der Waals surface area contributed by atoms with Crippen LogP contribution in [0.3, 0.4) is 0 Å². The molecule has 0 aliphatic carbocycles. The van der Waals surface area contributed by atoms with Crippen molar-refractivity contribution in [2.45, 2.75) is 45.7 Å². The summed E-state index contributed by atoms with van der Waals surface area (Å²) in [5, 5.41) is 6.26. The molecule has 19 heavy (non-hydrogen) atoms. The molecule has 0 aromatic heterocycles. The first kappa shape index (κ1) is 16.2. The van der Waals surface area contributed by atoms with Crippen molar-refractivity contribution in [3.8, 4) is 0 Å². The van der Waals surface area contributed by atoms with Gasteiger partial charge in [-0.05, 0) is 31.9 Å². The van der Waals surface area contributed by atoms with Crippen molar-refractivity contribution >= 4 is 21.8 Å². The highest BCUT2D eigenvalue weighted by atomic mass is 79.9. The normalized spacial score (nSPS) is 13.9. The quantitative estimate of drug-likeness (QED) is 0.754. The molecule has 1 amide bonds. The van der Waals surface area contributed by atoms with E-state index in [1.54, 1.807) is 0 Å². The Balaban J connectivity index is 2.50. The minimum atomic E-state index is -0.195. The summed E-state index contributed by atoms with van der Waals surface area (Å²) in [4.78, 5) is 11.9. The van der Waals surface area contributed by atoms with Gasteiger partial charge in [0.25, 0.3) is 0 Å². The van der Waals surface area contributed by atoms with Crippen molar-refractivity contribution in [2.24, 2.45) is 0 Å². The number of carbonyl (C=O) groups is 1. The van der Waals surface area contributed by atoms with E-state index in [9.17, 15) is 4.79 Å². The summed E-state index contributed by atoms with van der Waals surface area (Å²) in [6.07, 6.45) is 2.12. The fourth-order valence-electron chi connectivity index (χ4n) is 1.91. The van der Waals surface area contributed by atoms with Crippen molar-refractivity contribution in [2.75, 3.05) is 6.54 Å². The Morgan fingerprint density at radius 1 is 1.32 bits per heavy atom. The van der Waals surface area contributed by atoms with E-state index in [1.165, 1.54) is 0 Å². The van der Waals surface area contributed by atoms with Crippen molar-refractivity contribution < 1.29 is 4.79 Å². The predicted molar refractivity (Wildman–Crippen MR) is 83.1 cm³/mol. The number of carbonyl (C=O) groups excluding carboxylic acids is 1. The molecule has 0 spiro atoms. The molecule has 0 aliphatic rings. The molecule has 0 fully saturated rings. The van der Waals surface area contributed by atoms with Crippen LogP contribution in [0.25, 0.3) is 0 Å². The predicted octanol–water partition coefficient (Wildman–Crippen LogP) is 3.40. The minimum absolute atomic E-state index is 0.0624. The average Bonchev–Trinajstić information content (AvgIpc) is 2.39. The first-order chi connectivity index (χ1) is 9.06. The van der Waals surface area contributed by atoms with Crippen LogP contribution in [0.2, 0.25) is 0 Å². The zero-order valence-corrected chi connectivity index (χ0v) is 13.5. The lowest BCUT2D eigenvalue weighted by Crippen LogP contribution is -2.43. The molecule has 3 nitrogen and oxygen atoms in total. The van der Waals surface area contributed by atoms with Crippen LogP contribution in [0, 0.1) is 0 Å². The highest BCUT2D eigenvalue weighted by Gasteiger charge is 2.16. The van der Waals surface area contributed by atoms with Crippen LogP contribution < -0.4 is 10.6 Å². The van der Waals surface area contributed by atoms with Crippen LogP contribution in [0.15, 0.2) is 28.7 Å². The van der Waals surface area contributed by atoms with Crippen molar-refractivity contribution in [1.82, 2.24) is 10.6 Å². The summed E-state index contributed by atoms with van der Waals surface area (Å²) in [6, 6.07) is 8.00. The van der Waals surface area contributed by atoms with Gasteiger partial charge in [0.15, 0.2) is 0 Å². The molecule has 0 radical (unpaired) electrons. The third-order valence-corrected chi connectivity index (χ3v) is 3.82. The number of amides is 1. The highest BCUT2D eigenvalue weighted by Crippen LogP contribution is 2.22. The number of halogens is 1. The molecule has 0 heterocycles. The third-order valence-electron chi connectivity index (χ3n) is 3.09. The average molecular weight is 327 g/mol. The summed E-state index contributed by atoms with van der Waals surface area (Å²) in [5.74, 6) is 0.0624. The highest BCUT2D eigenvalue weighted by molar-refractivity contribution is 9.10. The Bertz CT molecular complexity index is 409. The summed E-state index contributed by atoms with van der Waals surface area (Å²) in [5.41, 5.74) is 1.16. The third kappa shape index (κ3) is 5.33. The maximum atomic E-state index is 11.9. The van der Waals surface area contributed by atoms with E-state index in [1.807, 2.05) is 25.1 Å². The summed E-state index contributed by atoms with van der Waals surface area (Å²) in [6.45, 7) is 6.83. The van der Waals surface area contributed by atoms with E-state index < -0.39 is 0 Å². The van der Waals surface area contributed by atoms with Crippen molar-refractivity contribution in [3.05, 3.63) is 34.3 Å². The van der Waals surface area contributed by atoms with Crippen LogP contribution in [0.1, 0.15) is 45.2 Å². The molecular formula is C15H23BrN2O. The Labute approximate surface area is 124 Å². The van der Waals surface area contributed by atoms with Crippen molar-refractivity contribution in [1.29, 1.82) is 0 Å². The summed E-state index contributed by atoms with van der Waals surface area (Å²) < 4.78 is 1.06. The molecule has 0 saturated carbocycles. The van der Waals surface area contributed by atoms with E-state index in [-0.39, 0.29) is 18.0 Å². The van der Waals surface area contributed by atoms with Crippen molar-refractivity contribution in [3.63, 3.8) is 0 Å². The molecule has 4 heteroatoms. The van der Waals surface area contributed by atoms with Crippen LogP contribution >= 0.6 is 15.9 Å². The van der Waals surface area contributed by atoms with Crippen LogP contribution in [0.5, 0.6) is 0 Å². The number of benzene rings is 1. The van der Waals surface area contributed by atoms with Crippen LogP contribution in [-0.2, 0) is 4.79 Å². The van der Waals surface area contributed by atoms with Gasteiger partial charge in [0.2, 0.25) is 5.91 Å². The van der Waals surface area contributed by atoms with Gasteiger partial charge in [-0.25, -0.2) is 0 Å². The molecule has 0 saturated heterocycles. The Morgan fingerprint density at radius 2 is 2.00 bits per heavy atom. The first-order valence-electron chi connectivity index (χ1n) is 6.84. The maximum absolute atomic E-state index is 11.9. The molecule has 1 aromatic carbocycles. The van der Waals surface area contributed by atoms with Gasteiger partial charge in [0, 0.05) is 17.1 Å². The van der Waals surface area contributed by atoms with Gasteiger partial charge in [-0.1, -0.05) is 47.5 Å². The fraction of sp³-hybridized carbons (Fsp3) is 0.533. The Kier molecular flexibility index (Phi) is 7.10. The second kappa shape index (κ2) is 8.33. The lowest BCUT2D eigenvalue weighted by Gasteiger charge is -2.20. The summed E-state index contributed by atoms with van der Waals surface area (Å²) >= 11 is 3.53. The second-order valence-corrected chi connectivity index (χ2v) is 5.63. The fourth-order valence-corrected chi connectivity index (χ4v) is 2.54. The number of nitrogens with one attached hydrogen (secondary N) is 2. The van der Waals surface area contributed by atoms with Gasteiger partial charge in [-0.15, -0.1) is 0 Å². The van der Waals surface area contributed by atoms with Gasteiger partial charge < -0.3 is 5.32 Å². The van der Waals surface area contributed by atoms with Gasteiger partial charge in [0.05, 0.1) is 6.04 Å². The van der Waals surface area contributed by atoms with Gasteiger partial charge in [-0.2, -0.15) is 0 Å². The van der Waals surface area contributed by atoms with Gasteiger partial charge >= 0.3 is 0 Å². The van der Waals surface area contributed by atoms with Gasteiger partial charge in [0.1, 0.15) is 0 Å². The number of unbranched alkanes of at least 4 members (excludes halogenated alkanes) is 1. The standard InChI is InChI=1S/C15H23BrN2O/c1-4-5-10-17-15(19)12(3)18-11(2)13-8-6-7-9-14(13)16/h6-9,11-12,18H,4-5,10H2,1-3H3,(H,17,19)/t11-,12?/m0/s1. The minimum Gasteiger partial charge on any atom is -0.355 e. The summed E-state index contributed by atoms with van der Waals surface area (Å²) in [7, 11) is 0. The molecule has 0 aliphatic heterocycles. The SMILES string of the molecule is CCCCNC(=O)C(C)N[C@@H](C)c1ccccc1Br. The van der Waals surface area contributed by atoms with E-state index in [0.717, 1.165) is 29.4 Å². The molecule has 2 atom stereocenters. The van der Waals surface area contributed by atoms with E-state index in [4.69, 9.17) is 0 Å². The molecule has 2 N–H and O–H groups in total. The number of rotatable bonds is 7. The number of hydrogen-bond donors (Lipinski definition) is 2. The van der Waals surface area contributed by atoms with Crippen LogP contribution in [-0.4, -0.2) is 18.5 Å². The molecular weight excluding hydrogens is 304 g/mol. The lowest BCUT2D eigenvalue weighted by molar-refractivity contribution is -0.122. The Morgan fingerprint density at radius 3 is 2.63 bits per heavy atom. The maximum Gasteiger partial charge on any atom is 0.236 e. The largest absolute Gasteiger partial charge is 0.355 e.